The van der Waals surface area contributed by atoms with Gasteiger partial charge in [0, 0.05) is 23.3 Å². The van der Waals surface area contributed by atoms with Gasteiger partial charge in [0.1, 0.15) is 18.0 Å². The number of hydrogen-bond donors (Lipinski definition) is 2. The second kappa shape index (κ2) is 6.52. The van der Waals surface area contributed by atoms with E-state index in [1.54, 1.807) is 24.8 Å². The number of hydrogen-bond acceptors (Lipinski definition) is 6. The van der Waals surface area contributed by atoms with Crippen molar-refractivity contribution in [2.24, 2.45) is 0 Å². The molecule has 0 aliphatic heterocycles. The molecule has 122 valence electrons. The van der Waals surface area contributed by atoms with E-state index in [1.165, 1.54) is 0 Å². The fraction of sp³-hybridized carbons (Fsp3) is 0.0526. The average molecular weight is 328 g/mol. The van der Waals surface area contributed by atoms with Gasteiger partial charge in [0.2, 0.25) is 0 Å². The zero-order valence-electron chi connectivity index (χ0n) is 13.4. The molecule has 0 saturated heterocycles. The minimum atomic E-state index is 0.505. The standard InChI is InChI=1S/C19H16N6/c20-18-7-5-14(10-22-18)13-4-6-17-16(9-13)19(25-12-24-17)23-11-15-3-1-2-8-21-15/h1-10,12H,11H2,(H2,20,22)(H,23,24,25). The van der Waals surface area contributed by atoms with Crippen LogP contribution in [-0.4, -0.2) is 19.9 Å². The second-order valence-corrected chi connectivity index (χ2v) is 5.60. The predicted molar refractivity (Wildman–Crippen MR) is 98.7 cm³/mol. The highest BCUT2D eigenvalue weighted by Gasteiger charge is 2.07. The molecule has 6 nitrogen and oxygen atoms in total. The highest BCUT2D eigenvalue weighted by Crippen LogP contribution is 2.27. The number of benzene rings is 1. The summed E-state index contributed by atoms with van der Waals surface area (Å²) >= 11 is 0. The van der Waals surface area contributed by atoms with Gasteiger partial charge in [-0.3, -0.25) is 4.98 Å². The molecule has 6 heteroatoms. The number of fused-ring (bicyclic) bond motifs is 1. The molecule has 0 saturated carbocycles. The number of nitrogens with one attached hydrogen (secondary N) is 1. The quantitative estimate of drug-likeness (QED) is 0.597. The van der Waals surface area contributed by atoms with Crippen LogP contribution >= 0.6 is 0 Å². The van der Waals surface area contributed by atoms with Crippen molar-refractivity contribution in [3.8, 4) is 11.1 Å². The third-order valence-electron chi connectivity index (χ3n) is 3.92. The SMILES string of the molecule is Nc1ccc(-c2ccc3ncnc(NCc4ccccn4)c3c2)cn1. The summed E-state index contributed by atoms with van der Waals surface area (Å²) in [5.41, 5.74) is 9.53. The van der Waals surface area contributed by atoms with Crippen molar-refractivity contribution < 1.29 is 0 Å². The molecule has 0 radical (unpaired) electrons. The van der Waals surface area contributed by atoms with Crippen molar-refractivity contribution in [1.29, 1.82) is 0 Å². The molecule has 3 heterocycles. The molecule has 0 aliphatic carbocycles. The first kappa shape index (κ1) is 15.0. The minimum absolute atomic E-state index is 0.505. The highest BCUT2D eigenvalue weighted by molar-refractivity contribution is 5.92. The van der Waals surface area contributed by atoms with Gasteiger partial charge in [-0.25, -0.2) is 15.0 Å². The van der Waals surface area contributed by atoms with Crippen molar-refractivity contribution in [3.63, 3.8) is 0 Å². The maximum atomic E-state index is 5.67. The van der Waals surface area contributed by atoms with Gasteiger partial charge in [-0.05, 0) is 42.0 Å². The van der Waals surface area contributed by atoms with E-state index in [1.807, 2.05) is 36.4 Å². The van der Waals surface area contributed by atoms with Crippen LogP contribution < -0.4 is 11.1 Å². The third-order valence-corrected chi connectivity index (χ3v) is 3.92. The van der Waals surface area contributed by atoms with Crippen LogP contribution in [0.4, 0.5) is 11.6 Å². The van der Waals surface area contributed by atoms with Crippen molar-refractivity contribution in [2.75, 3.05) is 11.1 Å². The summed E-state index contributed by atoms with van der Waals surface area (Å²) in [6.07, 6.45) is 5.11. The summed E-state index contributed by atoms with van der Waals surface area (Å²) in [5.74, 6) is 1.28. The lowest BCUT2D eigenvalue weighted by Gasteiger charge is -2.09. The van der Waals surface area contributed by atoms with Crippen LogP contribution in [0, 0.1) is 0 Å². The second-order valence-electron chi connectivity index (χ2n) is 5.60. The Kier molecular flexibility index (Phi) is 3.92. The van der Waals surface area contributed by atoms with Gasteiger partial charge in [0.05, 0.1) is 17.8 Å². The maximum Gasteiger partial charge on any atom is 0.137 e. The molecule has 3 N–H and O–H groups in total. The molecule has 0 amide bonds. The van der Waals surface area contributed by atoms with E-state index in [2.05, 4.69) is 31.3 Å². The first-order chi connectivity index (χ1) is 12.3. The molecule has 4 rings (SSSR count). The molecule has 0 bridgehead atoms. The third kappa shape index (κ3) is 3.23. The van der Waals surface area contributed by atoms with Crippen LogP contribution in [0.2, 0.25) is 0 Å². The van der Waals surface area contributed by atoms with Crippen LogP contribution in [0.15, 0.2) is 67.3 Å². The zero-order valence-corrected chi connectivity index (χ0v) is 13.4. The van der Waals surface area contributed by atoms with Crippen LogP contribution in [0.25, 0.3) is 22.0 Å². The number of nitrogens with two attached hydrogens (primary N) is 1. The van der Waals surface area contributed by atoms with Crippen LogP contribution in [0.5, 0.6) is 0 Å². The largest absolute Gasteiger partial charge is 0.384 e. The van der Waals surface area contributed by atoms with E-state index in [9.17, 15) is 0 Å². The van der Waals surface area contributed by atoms with E-state index in [0.29, 0.717) is 12.4 Å². The Morgan fingerprint density at radius 3 is 2.60 bits per heavy atom. The first-order valence-electron chi connectivity index (χ1n) is 7.90. The lowest BCUT2D eigenvalue weighted by molar-refractivity contribution is 1.03. The van der Waals surface area contributed by atoms with Crippen molar-refractivity contribution in [3.05, 3.63) is 72.9 Å². The summed E-state index contributed by atoms with van der Waals surface area (Å²) in [5, 5.41) is 4.29. The summed E-state index contributed by atoms with van der Waals surface area (Å²) < 4.78 is 0. The highest BCUT2D eigenvalue weighted by atomic mass is 15.0. The molecule has 0 aliphatic rings. The van der Waals surface area contributed by atoms with Gasteiger partial charge >= 0.3 is 0 Å². The van der Waals surface area contributed by atoms with Gasteiger partial charge in [-0.2, -0.15) is 0 Å². The summed E-state index contributed by atoms with van der Waals surface area (Å²) in [4.78, 5) is 17.2. The number of nitrogens with zero attached hydrogens (tertiary/aromatic N) is 4. The van der Waals surface area contributed by atoms with Crippen molar-refractivity contribution in [1.82, 2.24) is 19.9 Å². The molecule has 0 spiro atoms. The molecule has 3 aromatic heterocycles. The Bertz CT molecular complexity index is 999. The van der Waals surface area contributed by atoms with E-state index >= 15 is 0 Å². The van der Waals surface area contributed by atoms with Gasteiger partial charge in [0.15, 0.2) is 0 Å². The summed E-state index contributed by atoms with van der Waals surface area (Å²) in [6, 6.07) is 15.6. The molecule has 25 heavy (non-hydrogen) atoms. The molecular formula is C19H16N6. The molecule has 4 aromatic rings. The Balaban J connectivity index is 1.69. The van der Waals surface area contributed by atoms with Crippen molar-refractivity contribution >= 4 is 22.5 Å². The monoisotopic (exact) mass is 328 g/mol. The Labute approximate surface area is 144 Å². The van der Waals surface area contributed by atoms with Gasteiger partial charge in [-0.15, -0.1) is 0 Å². The number of nitrogen functional groups attached to an aromatic ring is 1. The average Bonchev–Trinajstić information content (AvgIpc) is 2.67. The number of rotatable bonds is 4. The van der Waals surface area contributed by atoms with E-state index in [-0.39, 0.29) is 0 Å². The van der Waals surface area contributed by atoms with E-state index in [4.69, 9.17) is 5.73 Å². The smallest absolute Gasteiger partial charge is 0.137 e. The lowest BCUT2D eigenvalue weighted by Crippen LogP contribution is -2.04. The minimum Gasteiger partial charge on any atom is -0.384 e. The lowest BCUT2D eigenvalue weighted by atomic mass is 10.1. The molecule has 0 atom stereocenters. The number of anilines is 2. The fourth-order valence-corrected chi connectivity index (χ4v) is 2.63. The summed E-state index contributed by atoms with van der Waals surface area (Å²) in [7, 11) is 0. The zero-order chi connectivity index (χ0) is 17.1. The first-order valence-corrected chi connectivity index (χ1v) is 7.90. The van der Waals surface area contributed by atoms with E-state index in [0.717, 1.165) is 33.5 Å². The molecule has 1 aromatic carbocycles. The Hall–Kier alpha value is -3.54. The van der Waals surface area contributed by atoms with E-state index < -0.39 is 0 Å². The molecular weight excluding hydrogens is 312 g/mol. The topological polar surface area (TPSA) is 89.6 Å². The van der Waals surface area contributed by atoms with Crippen LogP contribution in [0.1, 0.15) is 5.69 Å². The van der Waals surface area contributed by atoms with Crippen LogP contribution in [-0.2, 0) is 6.54 Å². The normalized spacial score (nSPS) is 10.7. The molecule has 0 fully saturated rings. The van der Waals surface area contributed by atoms with Gasteiger partial charge in [0.25, 0.3) is 0 Å². The Morgan fingerprint density at radius 2 is 1.80 bits per heavy atom. The number of aromatic nitrogens is 4. The van der Waals surface area contributed by atoms with Gasteiger partial charge in [-0.1, -0.05) is 12.1 Å². The van der Waals surface area contributed by atoms with Crippen LogP contribution in [0.3, 0.4) is 0 Å². The van der Waals surface area contributed by atoms with Gasteiger partial charge < -0.3 is 11.1 Å². The summed E-state index contributed by atoms with van der Waals surface area (Å²) in [6.45, 7) is 0.598. The van der Waals surface area contributed by atoms with Crippen molar-refractivity contribution in [2.45, 2.75) is 6.54 Å². The number of pyridine rings is 2. The predicted octanol–water partition coefficient (Wildman–Crippen LogP) is 3.28. The maximum absolute atomic E-state index is 5.67. The molecule has 0 unspecified atom stereocenters. The fourth-order valence-electron chi connectivity index (χ4n) is 2.63. The Morgan fingerprint density at radius 1 is 0.880 bits per heavy atom.